The largest absolute Gasteiger partial charge is 0.495 e. The number of ether oxygens (including phenoxy) is 2. The predicted octanol–water partition coefficient (Wildman–Crippen LogP) is 3.78. The van der Waals surface area contributed by atoms with Crippen molar-refractivity contribution in [3.05, 3.63) is 59.9 Å². The van der Waals surface area contributed by atoms with Gasteiger partial charge >= 0.3 is 5.97 Å². The summed E-state index contributed by atoms with van der Waals surface area (Å²) in [5, 5.41) is 9.76. The molecule has 0 N–H and O–H groups in total. The zero-order valence-electron chi connectivity index (χ0n) is 16.9. The number of amides is 1. The third kappa shape index (κ3) is 4.78. The van der Waals surface area contributed by atoms with E-state index in [1.807, 2.05) is 31.2 Å². The molecule has 0 bridgehead atoms. The number of fused-ring (bicyclic) bond motifs is 1. The van der Waals surface area contributed by atoms with Crippen LogP contribution in [0.15, 0.2) is 53.1 Å². The first-order valence-corrected chi connectivity index (χ1v) is 9.46. The van der Waals surface area contributed by atoms with Crippen molar-refractivity contribution in [2.75, 3.05) is 25.2 Å². The lowest BCUT2D eigenvalue weighted by atomic mass is 10.1. The minimum atomic E-state index is -0.535. The maximum atomic E-state index is 12.7. The summed E-state index contributed by atoms with van der Waals surface area (Å²) in [4.78, 5) is 26.4. The van der Waals surface area contributed by atoms with E-state index in [1.165, 1.54) is 18.3 Å². The number of hydrogen-bond donors (Lipinski definition) is 0. The third-order valence-electron chi connectivity index (χ3n) is 4.63. The molecule has 3 aromatic rings. The van der Waals surface area contributed by atoms with Crippen LogP contribution in [0, 0.1) is 18.3 Å². The van der Waals surface area contributed by atoms with E-state index in [2.05, 4.69) is 0 Å². The first-order chi connectivity index (χ1) is 14.5. The van der Waals surface area contributed by atoms with Crippen molar-refractivity contribution in [2.45, 2.75) is 19.8 Å². The number of anilines is 1. The van der Waals surface area contributed by atoms with Gasteiger partial charge in [-0.1, -0.05) is 24.3 Å². The normalized spacial score (nSPS) is 10.4. The second-order valence-electron chi connectivity index (χ2n) is 6.72. The van der Waals surface area contributed by atoms with Crippen LogP contribution in [-0.2, 0) is 20.7 Å². The van der Waals surface area contributed by atoms with Crippen LogP contribution in [0.2, 0.25) is 0 Å². The van der Waals surface area contributed by atoms with Crippen molar-refractivity contribution in [2.24, 2.45) is 0 Å². The highest BCUT2D eigenvalue weighted by atomic mass is 16.5. The first kappa shape index (κ1) is 20.9. The second-order valence-corrected chi connectivity index (χ2v) is 6.72. The summed E-state index contributed by atoms with van der Waals surface area (Å²) in [5.41, 5.74) is 2.99. The van der Waals surface area contributed by atoms with Gasteiger partial charge in [0.2, 0.25) is 0 Å². The van der Waals surface area contributed by atoms with Gasteiger partial charge in [-0.15, -0.1) is 0 Å². The predicted molar refractivity (Wildman–Crippen MR) is 111 cm³/mol. The summed E-state index contributed by atoms with van der Waals surface area (Å²) in [6, 6.07) is 14.7. The number of aryl methyl sites for hydroxylation is 1. The molecule has 0 spiro atoms. The minimum absolute atomic E-state index is 0.00378. The molecule has 154 valence electrons. The van der Waals surface area contributed by atoms with E-state index in [0.29, 0.717) is 22.6 Å². The number of para-hydroxylation sites is 2. The molecular weight excluding hydrogens is 384 g/mol. The molecule has 0 aliphatic heterocycles. The van der Waals surface area contributed by atoms with Gasteiger partial charge in [0.15, 0.2) is 6.61 Å². The number of hydrogen-bond acceptors (Lipinski definition) is 6. The molecule has 1 amide bonds. The zero-order chi connectivity index (χ0) is 21.5. The molecule has 7 nitrogen and oxygen atoms in total. The Kier molecular flexibility index (Phi) is 6.71. The maximum Gasteiger partial charge on any atom is 0.310 e. The van der Waals surface area contributed by atoms with Crippen LogP contribution >= 0.6 is 0 Å². The van der Waals surface area contributed by atoms with Crippen LogP contribution in [-0.4, -0.2) is 32.1 Å². The first-order valence-electron chi connectivity index (χ1n) is 9.46. The molecule has 30 heavy (non-hydrogen) atoms. The maximum absolute atomic E-state index is 12.7. The Balaban J connectivity index is 1.67. The lowest BCUT2D eigenvalue weighted by Crippen LogP contribution is -2.36. The Labute approximate surface area is 174 Å². The number of nitrogens with zero attached hydrogens (tertiary/aromatic N) is 2. The zero-order valence-corrected chi connectivity index (χ0v) is 16.9. The fourth-order valence-corrected chi connectivity index (χ4v) is 3.15. The lowest BCUT2D eigenvalue weighted by Gasteiger charge is -2.23. The van der Waals surface area contributed by atoms with E-state index in [4.69, 9.17) is 19.2 Å². The molecule has 0 saturated heterocycles. The Morgan fingerprint density at radius 2 is 2.00 bits per heavy atom. The fraction of sp³-hybridized carbons (Fsp3) is 0.261. The topological polar surface area (TPSA) is 92.8 Å². The lowest BCUT2D eigenvalue weighted by molar-refractivity contribution is -0.147. The molecule has 0 aliphatic carbocycles. The van der Waals surface area contributed by atoms with E-state index in [1.54, 1.807) is 24.3 Å². The van der Waals surface area contributed by atoms with Gasteiger partial charge in [-0.25, -0.2) is 0 Å². The highest BCUT2D eigenvalue weighted by Crippen LogP contribution is 2.28. The summed E-state index contributed by atoms with van der Waals surface area (Å²) in [6.45, 7) is 1.69. The van der Waals surface area contributed by atoms with Crippen LogP contribution < -0.4 is 9.64 Å². The van der Waals surface area contributed by atoms with Crippen molar-refractivity contribution >= 4 is 28.5 Å². The van der Waals surface area contributed by atoms with Crippen LogP contribution in [0.25, 0.3) is 11.0 Å². The second kappa shape index (κ2) is 9.61. The molecule has 0 aliphatic rings. The SMILES string of the molecule is COc1ccccc1N(CCC#N)C(=O)COC(=O)Cc1coc2cc(C)ccc12. The van der Waals surface area contributed by atoms with Crippen molar-refractivity contribution in [3.63, 3.8) is 0 Å². The van der Waals surface area contributed by atoms with Gasteiger partial charge in [-0.05, 0) is 30.7 Å². The number of furan rings is 1. The van der Waals surface area contributed by atoms with Crippen LogP contribution in [0.3, 0.4) is 0 Å². The fourth-order valence-electron chi connectivity index (χ4n) is 3.15. The van der Waals surface area contributed by atoms with Crippen molar-refractivity contribution in [1.82, 2.24) is 0 Å². The average molecular weight is 406 g/mol. The van der Waals surface area contributed by atoms with Crippen molar-refractivity contribution in [1.29, 1.82) is 5.26 Å². The summed E-state index contributed by atoms with van der Waals surface area (Å²) >= 11 is 0. The molecule has 0 saturated carbocycles. The van der Waals surface area contributed by atoms with Gasteiger partial charge in [-0.2, -0.15) is 5.26 Å². The van der Waals surface area contributed by atoms with Crippen molar-refractivity contribution in [3.8, 4) is 11.8 Å². The number of esters is 1. The Hall–Kier alpha value is -3.79. The summed E-state index contributed by atoms with van der Waals surface area (Å²) in [6.07, 6.45) is 1.66. The molecule has 0 fully saturated rings. The highest BCUT2D eigenvalue weighted by molar-refractivity contribution is 5.97. The van der Waals surface area contributed by atoms with Crippen LogP contribution in [0.5, 0.6) is 5.75 Å². The van der Waals surface area contributed by atoms with Gasteiger partial charge in [-0.3, -0.25) is 9.59 Å². The number of carbonyl (C=O) groups is 2. The van der Waals surface area contributed by atoms with Gasteiger partial charge in [0, 0.05) is 17.5 Å². The molecular formula is C23H22N2O5. The molecule has 0 radical (unpaired) electrons. The van der Waals surface area contributed by atoms with Gasteiger partial charge in [0.05, 0.1) is 38.0 Å². The van der Waals surface area contributed by atoms with Crippen molar-refractivity contribution < 1.29 is 23.5 Å². The Morgan fingerprint density at radius 3 is 2.77 bits per heavy atom. The molecule has 0 atom stereocenters. The van der Waals surface area contributed by atoms with E-state index in [0.717, 1.165) is 10.9 Å². The molecule has 7 heteroatoms. The monoisotopic (exact) mass is 406 g/mol. The third-order valence-corrected chi connectivity index (χ3v) is 4.63. The number of rotatable bonds is 8. The average Bonchev–Trinajstić information content (AvgIpc) is 3.14. The van der Waals surface area contributed by atoms with E-state index in [9.17, 15) is 9.59 Å². The van der Waals surface area contributed by atoms with E-state index in [-0.39, 0.29) is 19.4 Å². The minimum Gasteiger partial charge on any atom is -0.495 e. The highest BCUT2D eigenvalue weighted by Gasteiger charge is 2.21. The molecule has 2 aromatic carbocycles. The quantitative estimate of drug-likeness (QED) is 0.529. The van der Waals surface area contributed by atoms with Crippen LogP contribution in [0.1, 0.15) is 17.5 Å². The number of nitriles is 1. The molecule has 1 aromatic heterocycles. The molecule has 3 rings (SSSR count). The summed E-state index contributed by atoms with van der Waals surface area (Å²) in [5.74, 6) is -0.474. The van der Waals surface area contributed by atoms with E-state index >= 15 is 0 Å². The standard InChI is InChI=1S/C23H22N2O5/c1-16-8-9-18-17(14-29-21(18)12-16)13-23(27)30-15-22(26)25(11-5-10-24)19-6-3-4-7-20(19)28-2/h3-4,6-9,12,14H,5,11,13,15H2,1-2H3. The molecule has 1 heterocycles. The summed E-state index contributed by atoms with van der Waals surface area (Å²) < 4.78 is 16.0. The number of carbonyl (C=O) groups excluding carboxylic acids is 2. The van der Waals surface area contributed by atoms with Gasteiger partial charge in [0.25, 0.3) is 5.91 Å². The Bertz CT molecular complexity index is 1100. The van der Waals surface area contributed by atoms with Gasteiger partial charge < -0.3 is 18.8 Å². The van der Waals surface area contributed by atoms with Crippen LogP contribution in [0.4, 0.5) is 5.69 Å². The smallest absolute Gasteiger partial charge is 0.310 e. The van der Waals surface area contributed by atoms with E-state index < -0.39 is 18.5 Å². The molecule has 0 unspecified atom stereocenters. The van der Waals surface area contributed by atoms with Gasteiger partial charge in [0.1, 0.15) is 11.3 Å². The summed E-state index contributed by atoms with van der Waals surface area (Å²) in [7, 11) is 1.50. The number of methoxy groups -OCH3 is 1. The Morgan fingerprint density at radius 1 is 1.20 bits per heavy atom. The number of benzene rings is 2.